The highest BCUT2D eigenvalue weighted by atomic mass is 16.5. The molecule has 2 aliphatic rings. The summed E-state index contributed by atoms with van der Waals surface area (Å²) in [5, 5.41) is 0. The Morgan fingerprint density at radius 3 is 3.00 bits per heavy atom. The second-order valence-corrected chi connectivity index (χ2v) is 5.12. The third-order valence-corrected chi connectivity index (χ3v) is 3.81. The molecule has 0 aromatic rings. The van der Waals surface area contributed by atoms with Gasteiger partial charge in [-0.05, 0) is 44.4 Å². The Morgan fingerprint density at radius 2 is 2.23 bits per heavy atom. The maximum atomic E-state index is 6.01. The van der Waals surface area contributed by atoms with E-state index in [4.69, 9.17) is 4.74 Å². The van der Waals surface area contributed by atoms with Gasteiger partial charge in [-0.2, -0.15) is 0 Å². The van der Waals surface area contributed by atoms with Crippen molar-refractivity contribution in [2.24, 2.45) is 11.8 Å². The third kappa shape index (κ3) is 1.90. The van der Waals surface area contributed by atoms with Gasteiger partial charge in [-0.15, -0.1) is 0 Å². The quantitative estimate of drug-likeness (QED) is 0.636. The molecule has 0 aromatic heterocycles. The van der Waals surface area contributed by atoms with Crippen molar-refractivity contribution in [2.75, 3.05) is 6.61 Å². The van der Waals surface area contributed by atoms with Gasteiger partial charge < -0.3 is 4.74 Å². The van der Waals surface area contributed by atoms with Crippen LogP contribution in [0.2, 0.25) is 0 Å². The van der Waals surface area contributed by atoms with Crippen LogP contribution in [0.5, 0.6) is 0 Å². The zero-order valence-electron chi connectivity index (χ0n) is 9.01. The van der Waals surface area contributed by atoms with E-state index in [2.05, 4.69) is 13.8 Å². The molecular weight excluding hydrogens is 160 g/mol. The fourth-order valence-corrected chi connectivity index (χ4v) is 3.61. The van der Waals surface area contributed by atoms with Crippen LogP contribution in [0.15, 0.2) is 0 Å². The number of fused-ring (bicyclic) bond motifs is 2. The van der Waals surface area contributed by atoms with E-state index >= 15 is 0 Å². The minimum atomic E-state index is 0.301. The molecule has 13 heavy (non-hydrogen) atoms. The molecule has 3 atom stereocenters. The Labute approximate surface area is 81.9 Å². The van der Waals surface area contributed by atoms with E-state index in [1.165, 1.54) is 38.5 Å². The third-order valence-electron chi connectivity index (χ3n) is 3.81. The van der Waals surface area contributed by atoms with Crippen LogP contribution in [0.1, 0.15) is 52.4 Å². The first-order valence-corrected chi connectivity index (χ1v) is 5.88. The Morgan fingerprint density at radius 1 is 1.38 bits per heavy atom. The number of hydrogen-bond donors (Lipinski definition) is 0. The van der Waals surface area contributed by atoms with Gasteiger partial charge in [-0.25, -0.2) is 0 Å². The molecule has 2 aliphatic carbocycles. The highest BCUT2D eigenvalue weighted by Crippen LogP contribution is 2.47. The Hall–Kier alpha value is -0.0400. The van der Waals surface area contributed by atoms with Crippen molar-refractivity contribution in [3.05, 3.63) is 0 Å². The van der Waals surface area contributed by atoms with Gasteiger partial charge in [0.05, 0.1) is 5.60 Å². The maximum Gasteiger partial charge on any atom is 0.0687 e. The van der Waals surface area contributed by atoms with Crippen LogP contribution in [0.25, 0.3) is 0 Å². The molecule has 0 N–H and O–H groups in total. The monoisotopic (exact) mass is 182 g/mol. The Balaban J connectivity index is 2.06. The lowest BCUT2D eigenvalue weighted by atomic mass is 9.65. The van der Waals surface area contributed by atoms with Crippen molar-refractivity contribution >= 4 is 0 Å². The van der Waals surface area contributed by atoms with E-state index in [0.29, 0.717) is 5.60 Å². The molecule has 3 unspecified atom stereocenters. The molecule has 1 heteroatoms. The smallest absolute Gasteiger partial charge is 0.0687 e. The normalized spacial score (nSPS) is 44.8. The van der Waals surface area contributed by atoms with Crippen LogP contribution in [-0.2, 0) is 4.74 Å². The van der Waals surface area contributed by atoms with E-state index in [0.717, 1.165) is 18.4 Å². The SMILES string of the molecule is CCOC12CCCC(CC(C)C1)C2. The highest BCUT2D eigenvalue weighted by Gasteiger charge is 2.42. The van der Waals surface area contributed by atoms with Crippen LogP contribution >= 0.6 is 0 Å². The average Bonchev–Trinajstić information content (AvgIpc) is 2.02. The van der Waals surface area contributed by atoms with Crippen LogP contribution in [0.3, 0.4) is 0 Å². The van der Waals surface area contributed by atoms with Gasteiger partial charge in [0, 0.05) is 6.61 Å². The topological polar surface area (TPSA) is 9.23 Å². The second-order valence-electron chi connectivity index (χ2n) is 5.12. The second kappa shape index (κ2) is 3.61. The number of hydrogen-bond acceptors (Lipinski definition) is 1. The Kier molecular flexibility index (Phi) is 2.64. The molecule has 1 nitrogen and oxygen atoms in total. The van der Waals surface area contributed by atoms with E-state index in [1.807, 2.05) is 0 Å². The first-order valence-electron chi connectivity index (χ1n) is 5.88. The van der Waals surface area contributed by atoms with Crippen LogP contribution in [0, 0.1) is 11.8 Å². The van der Waals surface area contributed by atoms with Gasteiger partial charge in [-0.1, -0.05) is 19.8 Å². The summed E-state index contributed by atoms with van der Waals surface area (Å²) >= 11 is 0. The van der Waals surface area contributed by atoms with Gasteiger partial charge in [0.15, 0.2) is 0 Å². The van der Waals surface area contributed by atoms with Crippen molar-refractivity contribution in [3.63, 3.8) is 0 Å². The summed E-state index contributed by atoms with van der Waals surface area (Å²) in [5.41, 5.74) is 0.301. The lowest BCUT2D eigenvalue weighted by Gasteiger charge is -2.47. The molecule has 0 amide bonds. The zero-order valence-corrected chi connectivity index (χ0v) is 9.01. The van der Waals surface area contributed by atoms with Crippen molar-refractivity contribution in [2.45, 2.75) is 58.0 Å². The van der Waals surface area contributed by atoms with Crippen LogP contribution in [-0.4, -0.2) is 12.2 Å². The molecule has 0 radical (unpaired) electrons. The summed E-state index contributed by atoms with van der Waals surface area (Å²) in [5.74, 6) is 1.87. The zero-order chi connectivity index (χ0) is 9.31. The summed E-state index contributed by atoms with van der Waals surface area (Å²) in [7, 11) is 0. The van der Waals surface area contributed by atoms with Crippen molar-refractivity contribution in [1.82, 2.24) is 0 Å². The molecule has 2 fully saturated rings. The Bertz CT molecular complexity index is 170. The van der Waals surface area contributed by atoms with Gasteiger partial charge in [0.25, 0.3) is 0 Å². The minimum absolute atomic E-state index is 0.301. The molecule has 0 spiro atoms. The largest absolute Gasteiger partial charge is 0.375 e. The molecule has 0 saturated heterocycles. The predicted molar refractivity (Wildman–Crippen MR) is 54.7 cm³/mol. The standard InChI is InChI=1S/C12H22O/c1-3-13-12-6-4-5-11(9-12)7-10(2)8-12/h10-11H,3-9H2,1-2H3. The average molecular weight is 182 g/mol. The fourth-order valence-electron chi connectivity index (χ4n) is 3.61. The molecule has 2 rings (SSSR count). The number of ether oxygens (including phenoxy) is 1. The molecular formula is C12H22O. The summed E-state index contributed by atoms with van der Waals surface area (Å²) in [4.78, 5) is 0. The van der Waals surface area contributed by atoms with E-state index in [-0.39, 0.29) is 0 Å². The first-order chi connectivity index (χ1) is 6.24. The maximum absolute atomic E-state index is 6.01. The molecule has 2 saturated carbocycles. The molecule has 2 bridgehead atoms. The van der Waals surface area contributed by atoms with E-state index < -0.39 is 0 Å². The van der Waals surface area contributed by atoms with E-state index in [1.54, 1.807) is 0 Å². The minimum Gasteiger partial charge on any atom is -0.375 e. The molecule has 0 aliphatic heterocycles. The highest BCUT2D eigenvalue weighted by molar-refractivity contribution is 4.94. The van der Waals surface area contributed by atoms with Crippen molar-refractivity contribution in [1.29, 1.82) is 0 Å². The molecule has 0 heterocycles. The summed E-state index contributed by atoms with van der Waals surface area (Å²) in [6.07, 6.45) is 8.30. The molecule has 76 valence electrons. The summed E-state index contributed by atoms with van der Waals surface area (Å²) in [6, 6.07) is 0. The van der Waals surface area contributed by atoms with Crippen LogP contribution < -0.4 is 0 Å². The van der Waals surface area contributed by atoms with Crippen LogP contribution in [0.4, 0.5) is 0 Å². The lowest BCUT2D eigenvalue weighted by Crippen LogP contribution is -2.44. The van der Waals surface area contributed by atoms with Gasteiger partial charge in [0.1, 0.15) is 0 Å². The first kappa shape index (κ1) is 9.51. The van der Waals surface area contributed by atoms with Crippen molar-refractivity contribution in [3.8, 4) is 0 Å². The summed E-state index contributed by atoms with van der Waals surface area (Å²) in [6.45, 7) is 5.43. The fraction of sp³-hybridized carbons (Fsp3) is 1.00. The van der Waals surface area contributed by atoms with Gasteiger partial charge in [0.2, 0.25) is 0 Å². The van der Waals surface area contributed by atoms with Gasteiger partial charge in [-0.3, -0.25) is 0 Å². The van der Waals surface area contributed by atoms with E-state index in [9.17, 15) is 0 Å². The number of rotatable bonds is 2. The van der Waals surface area contributed by atoms with Crippen molar-refractivity contribution < 1.29 is 4.74 Å². The molecule has 0 aromatic carbocycles. The van der Waals surface area contributed by atoms with Gasteiger partial charge >= 0.3 is 0 Å². The summed E-state index contributed by atoms with van der Waals surface area (Å²) < 4.78 is 6.01. The lowest BCUT2D eigenvalue weighted by molar-refractivity contribution is -0.113. The predicted octanol–water partition coefficient (Wildman–Crippen LogP) is 3.38.